The van der Waals surface area contributed by atoms with Gasteiger partial charge in [-0.25, -0.2) is 0 Å². The zero-order valence-electron chi connectivity index (χ0n) is 14.0. The second-order valence-corrected chi connectivity index (χ2v) is 6.19. The van der Waals surface area contributed by atoms with Crippen molar-refractivity contribution in [1.82, 2.24) is 4.90 Å². The largest absolute Gasteiger partial charge is 0.573 e. The van der Waals surface area contributed by atoms with Gasteiger partial charge < -0.3 is 20.5 Å². The molecule has 140 valence electrons. The maximum atomic E-state index is 12.2. The first-order valence-electron chi connectivity index (χ1n) is 8.38. The van der Waals surface area contributed by atoms with Crippen LogP contribution in [0.5, 0.6) is 5.75 Å². The molecule has 8 heteroatoms. The van der Waals surface area contributed by atoms with Crippen molar-refractivity contribution in [2.45, 2.75) is 32.0 Å². The molecule has 0 bridgehead atoms. The summed E-state index contributed by atoms with van der Waals surface area (Å²) >= 11 is 0. The lowest BCUT2D eigenvalue weighted by molar-refractivity contribution is -0.274. The van der Waals surface area contributed by atoms with E-state index in [1.54, 1.807) is 12.1 Å². The van der Waals surface area contributed by atoms with E-state index in [2.05, 4.69) is 9.73 Å². The molecule has 2 rings (SSSR count). The molecule has 1 aliphatic heterocycles. The maximum absolute atomic E-state index is 12.2. The summed E-state index contributed by atoms with van der Waals surface area (Å²) in [7, 11) is 0. The number of nitrogens with zero attached hydrogens (tertiary/aromatic N) is 2. The molecule has 1 aromatic rings. The molecule has 1 heterocycles. The number of aliphatic hydroxyl groups is 1. The first kappa shape index (κ1) is 19.4. The van der Waals surface area contributed by atoms with Gasteiger partial charge in [0.15, 0.2) is 5.96 Å². The summed E-state index contributed by atoms with van der Waals surface area (Å²) in [6.45, 7) is 2.11. The van der Waals surface area contributed by atoms with Crippen LogP contribution in [0.25, 0.3) is 0 Å². The Hall–Kier alpha value is -1.96. The molecule has 5 nitrogen and oxygen atoms in total. The number of benzene rings is 1. The molecule has 3 N–H and O–H groups in total. The van der Waals surface area contributed by atoms with Crippen molar-refractivity contribution >= 4 is 5.96 Å². The fourth-order valence-corrected chi connectivity index (χ4v) is 2.79. The number of guanidine groups is 1. The summed E-state index contributed by atoms with van der Waals surface area (Å²) in [5, 5.41) is 9.52. The number of likely N-dealkylation sites (tertiary alicyclic amines) is 1. The lowest BCUT2D eigenvalue weighted by atomic mass is 10.0. The van der Waals surface area contributed by atoms with E-state index in [0.29, 0.717) is 18.9 Å². The Morgan fingerprint density at radius 2 is 1.84 bits per heavy atom. The molecular weight excluding hydrogens is 335 g/mol. The van der Waals surface area contributed by atoms with Crippen LogP contribution < -0.4 is 10.5 Å². The highest BCUT2D eigenvalue weighted by Gasteiger charge is 2.30. The predicted molar refractivity (Wildman–Crippen MR) is 89.3 cm³/mol. The molecule has 1 unspecified atom stereocenters. The summed E-state index contributed by atoms with van der Waals surface area (Å²) in [4.78, 5) is 6.41. The first-order chi connectivity index (χ1) is 11.9. The number of aliphatic hydroxyl groups excluding tert-OH is 1. The van der Waals surface area contributed by atoms with E-state index in [9.17, 15) is 18.3 Å². The molecule has 0 saturated carbocycles. The number of halogens is 3. The number of piperidine rings is 1. The van der Waals surface area contributed by atoms with E-state index in [0.717, 1.165) is 31.5 Å². The molecule has 1 atom stereocenters. The number of ether oxygens (including phenoxy) is 1. The number of nitrogens with two attached hydrogens (primary N) is 1. The van der Waals surface area contributed by atoms with Gasteiger partial charge in [-0.15, -0.1) is 13.2 Å². The molecule has 1 aliphatic rings. The zero-order valence-corrected chi connectivity index (χ0v) is 14.0. The Kier molecular flexibility index (Phi) is 6.92. The Balaban J connectivity index is 1.88. The molecule has 0 aliphatic carbocycles. The Morgan fingerprint density at radius 1 is 1.20 bits per heavy atom. The summed E-state index contributed by atoms with van der Waals surface area (Å²) in [6, 6.07) is 5.65. The highest BCUT2D eigenvalue weighted by molar-refractivity contribution is 5.78. The van der Waals surface area contributed by atoms with E-state index in [-0.39, 0.29) is 18.3 Å². The number of hydrogen-bond donors (Lipinski definition) is 2. The summed E-state index contributed by atoms with van der Waals surface area (Å²) in [5.74, 6) is 0.0916. The van der Waals surface area contributed by atoms with Gasteiger partial charge in [-0.2, -0.15) is 0 Å². The maximum Gasteiger partial charge on any atom is 0.573 e. The third-order valence-corrected chi connectivity index (χ3v) is 4.13. The summed E-state index contributed by atoms with van der Waals surface area (Å²) < 4.78 is 40.3. The minimum Gasteiger partial charge on any atom is -0.406 e. The summed E-state index contributed by atoms with van der Waals surface area (Å²) in [5.41, 5.74) is 6.80. The van der Waals surface area contributed by atoms with Crippen molar-refractivity contribution in [2.75, 3.05) is 26.2 Å². The van der Waals surface area contributed by atoms with Crippen LogP contribution in [0, 0.1) is 5.92 Å². The third kappa shape index (κ3) is 6.81. The number of rotatable bonds is 6. The lowest BCUT2D eigenvalue weighted by Gasteiger charge is -2.27. The topological polar surface area (TPSA) is 71.1 Å². The highest BCUT2D eigenvalue weighted by atomic mass is 19.4. The molecule has 0 spiro atoms. The second-order valence-electron chi connectivity index (χ2n) is 6.19. The Bertz CT molecular complexity index is 555. The van der Waals surface area contributed by atoms with Crippen LogP contribution in [0.3, 0.4) is 0 Å². The van der Waals surface area contributed by atoms with Crippen molar-refractivity contribution in [1.29, 1.82) is 0 Å². The van der Waals surface area contributed by atoms with Crippen molar-refractivity contribution in [3.63, 3.8) is 0 Å². The molecule has 0 radical (unpaired) electrons. The smallest absolute Gasteiger partial charge is 0.406 e. The molecule has 0 aromatic heterocycles. The van der Waals surface area contributed by atoms with Crippen LogP contribution in [0.1, 0.15) is 24.8 Å². The van der Waals surface area contributed by atoms with E-state index < -0.39 is 6.36 Å². The second kappa shape index (κ2) is 8.94. The van der Waals surface area contributed by atoms with Gasteiger partial charge in [-0.1, -0.05) is 12.1 Å². The summed E-state index contributed by atoms with van der Waals surface area (Å²) in [6.07, 6.45) is -0.787. The minimum absolute atomic E-state index is 0.0718. The fourth-order valence-electron chi connectivity index (χ4n) is 2.79. The van der Waals surface area contributed by atoms with Crippen molar-refractivity contribution in [2.24, 2.45) is 16.6 Å². The van der Waals surface area contributed by atoms with Crippen LogP contribution in [0.4, 0.5) is 13.2 Å². The number of hydrogen-bond acceptors (Lipinski definition) is 3. The Morgan fingerprint density at radius 3 is 2.40 bits per heavy atom. The fraction of sp³-hybridized carbons (Fsp3) is 0.588. The van der Waals surface area contributed by atoms with E-state index in [4.69, 9.17) is 5.73 Å². The normalized spacial score (nSPS) is 17.4. The molecule has 0 amide bonds. The molecule has 25 heavy (non-hydrogen) atoms. The van der Waals surface area contributed by atoms with Crippen molar-refractivity contribution in [3.8, 4) is 5.75 Å². The van der Waals surface area contributed by atoms with Crippen LogP contribution in [-0.4, -0.2) is 48.6 Å². The van der Waals surface area contributed by atoms with E-state index >= 15 is 0 Å². The minimum atomic E-state index is -4.70. The van der Waals surface area contributed by atoms with E-state index in [1.165, 1.54) is 18.6 Å². The van der Waals surface area contributed by atoms with Crippen molar-refractivity contribution < 1.29 is 23.0 Å². The van der Waals surface area contributed by atoms with Crippen LogP contribution in [0.2, 0.25) is 0 Å². The average molecular weight is 359 g/mol. The standard InChI is InChI=1S/C17H24F3N3O2/c18-17(19,20)25-15-6-4-13(5-7-15)10-14(12-24)11-22-16(21)23-8-2-1-3-9-23/h4-7,14,24H,1-3,8-12H2,(H2,21,22). The van der Waals surface area contributed by atoms with Gasteiger partial charge in [0, 0.05) is 32.2 Å². The number of alkyl halides is 3. The van der Waals surface area contributed by atoms with Crippen LogP contribution >= 0.6 is 0 Å². The molecule has 1 fully saturated rings. The zero-order chi connectivity index (χ0) is 18.3. The third-order valence-electron chi connectivity index (χ3n) is 4.13. The monoisotopic (exact) mass is 359 g/mol. The average Bonchev–Trinajstić information content (AvgIpc) is 2.59. The van der Waals surface area contributed by atoms with Crippen molar-refractivity contribution in [3.05, 3.63) is 29.8 Å². The van der Waals surface area contributed by atoms with Gasteiger partial charge in [0.1, 0.15) is 5.75 Å². The molecular formula is C17H24F3N3O2. The SMILES string of the molecule is NC(=NCC(CO)Cc1ccc(OC(F)(F)F)cc1)N1CCCCC1. The van der Waals surface area contributed by atoms with Gasteiger partial charge in [-0.3, -0.25) is 4.99 Å². The van der Waals surface area contributed by atoms with Gasteiger partial charge in [0.05, 0.1) is 0 Å². The Labute approximate surface area is 145 Å². The van der Waals surface area contributed by atoms with Crippen LogP contribution in [0.15, 0.2) is 29.3 Å². The van der Waals surface area contributed by atoms with Gasteiger partial charge in [0.25, 0.3) is 0 Å². The molecule has 1 aromatic carbocycles. The lowest BCUT2D eigenvalue weighted by Crippen LogP contribution is -2.41. The quantitative estimate of drug-likeness (QED) is 0.605. The first-order valence-corrected chi connectivity index (χ1v) is 8.38. The number of aliphatic imine (C=N–C) groups is 1. The van der Waals surface area contributed by atoms with Gasteiger partial charge in [-0.05, 0) is 43.4 Å². The van der Waals surface area contributed by atoms with Gasteiger partial charge in [0.2, 0.25) is 0 Å². The van der Waals surface area contributed by atoms with E-state index in [1.807, 2.05) is 4.90 Å². The van der Waals surface area contributed by atoms with Gasteiger partial charge >= 0.3 is 6.36 Å². The predicted octanol–water partition coefficient (Wildman–Crippen LogP) is 2.54. The van der Waals surface area contributed by atoms with Crippen LogP contribution in [-0.2, 0) is 6.42 Å². The molecule has 1 saturated heterocycles. The highest BCUT2D eigenvalue weighted by Crippen LogP contribution is 2.23.